The van der Waals surface area contributed by atoms with Crippen molar-refractivity contribution in [1.29, 1.82) is 0 Å². The van der Waals surface area contributed by atoms with Crippen molar-refractivity contribution in [3.8, 4) is 22.8 Å². The lowest BCUT2D eigenvalue weighted by molar-refractivity contribution is 0.122. The summed E-state index contributed by atoms with van der Waals surface area (Å²) in [5, 5.41) is 7.45. The molecule has 1 fully saturated rings. The number of anilines is 1. The molecule has 1 aliphatic rings. The molecule has 1 aromatic heterocycles. The maximum absolute atomic E-state index is 5.61. The van der Waals surface area contributed by atoms with E-state index in [1.54, 1.807) is 7.11 Å². The van der Waals surface area contributed by atoms with Crippen LogP contribution in [0.25, 0.3) is 17.1 Å². The first kappa shape index (κ1) is 18.7. The molecule has 4 rings (SSSR count). The van der Waals surface area contributed by atoms with Gasteiger partial charge in [-0.15, -0.1) is 0 Å². The number of benzene rings is 2. The number of hydrogen-bond acceptors (Lipinski definition) is 5. The predicted molar refractivity (Wildman–Crippen MR) is 113 cm³/mol. The lowest BCUT2D eigenvalue weighted by Gasteiger charge is -2.30. The number of ether oxygens (including phenoxy) is 2. The Labute approximate surface area is 169 Å². The van der Waals surface area contributed by atoms with Gasteiger partial charge in [0.25, 0.3) is 0 Å². The smallest absolute Gasteiger partial charge is 0.200 e. The number of hydrogen-bond donors (Lipinski definition) is 1. The van der Waals surface area contributed by atoms with Crippen molar-refractivity contribution in [2.24, 2.45) is 0 Å². The largest absolute Gasteiger partial charge is 0.495 e. The number of nitrogens with one attached hydrogen (secondary N) is 1. The molecule has 0 radical (unpaired) electrons. The molecule has 0 amide bonds. The van der Waals surface area contributed by atoms with E-state index in [9.17, 15) is 0 Å². The Bertz CT molecular complexity index is 1020. The van der Waals surface area contributed by atoms with Gasteiger partial charge in [0.15, 0.2) is 10.6 Å². The monoisotopic (exact) mass is 396 g/mol. The molecule has 2 aromatic carbocycles. The van der Waals surface area contributed by atoms with E-state index in [0.29, 0.717) is 18.0 Å². The van der Waals surface area contributed by atoms with Gasteiger partial charge in [-0.2, -0.15) is 5.10 Å². The quantitative estimate of drug-likeness (QED) is 0.661. The molecule has 2 heterocycles. The van der Waals surface area contributed by atoms with E-state index < -0.39 is 0 Å². The fourth-order valence-electron chi connectivity index (χ4n) is 3.53. The van der Waals surface area contributed by atoms with Crippen molar-refractivity contribution in [2.75, 3.05) is 38.3 Å². The number of aryl methyl sites for hydroxylation is 1. The average Bonchev–Trinajstić information content (AvgIpc) is 3.15. The molecular formula is C21H24N4O2S. The van der Waals surface area contributed by atoms with Crippen LogP contribution in [-0.4, -0.2) is 48.2 Å². The number of morpholine rings is 1. The number of aromatic nitrogens is 3. The fraction of sp³-hybridized carbons (Fsp3) is 0.333. The minimum atomic E-state index is 0.565. The van der Waals surface area contributed by atoms with E-state index in [4.69, 9.17) is 21.7 Å². The summed E-state index contributed by atoms with van der Waals surface area (Å²) in [4.78, 5) is 2.28. The van der Waals surface area contributed by atoms with Gasteiger partial charge in [0.05, 0.1) is 31.7 Å². The summed E-state index contributed by atoms with van der Waals surface area (Å²) < 4.78 is 13.6. The zero-order valence-electron chi connectivity index (χ0n) is 16.1. The molecule has 3 aromatic rings. The summed E-state index contributed by atoms with van der Waals surface area (Å²) in [5.41, 5.74) is 4.30. The Morgan fingerprint density at radius 1 is 1.18 bits per heavy atom. The van der Waals surface area contributed by atoms with Gasteiger partial charge >= 0.3 is 0 Å². The molecule has 6 nitrogen and oxygen atoms in total. The van der Waals surface area contributed by atoms with Gasteiger partial charge in [-0.3, -0.25) is 9.67 Å². The highest BCUT2D eigenvalue weighted by molar-refractivity contribution is 7.71. The van der Waals surface area contributed by atoms with Gasteiger partial charge in [-0.1, -0.05) is 25.1 Å². The van der Waals surface area contributed by atoms with Crippen LogP contribution in [0.2, 0.25) is 0 Å². The van der Waals surface area contributed by atoms with Crippen molar-refractivity contribution < 1.29 is 9.47 Å². The molecular weight excluding hydrogens is 372 g/mol. The number of rotatable bonds is 5. The van der Waals surface area contributed by atoms with Crippen molar-refractivity contribution in [1.82, 2.24) is 14.8 Å². The van der Waals surface area contributed by atoms with E-state index in [-0.39, 0.29) is 0 Å². The van der Waals surface area contributed by atoms with Crippen LogP contribution >= 0.6 is 12.2 Å². The van der Waals surface area contributed by atoms with E-state index in [1.165, 1.54) is 5.56 Å². The Kier molecular flexibility index (Phi) is 5.45. The molecule has 0 saturated carbocycles. The van der Waals surface area contributed by atoms with Crippen molar-refractivity contribution in [3.63, 3.8) is 0 Å². The standard InChI is InChI=1S/C21H24N4O2S/c1-3-15-5-4-6-16(13-15)20-22-23-21(28)25(20)17-7-8-19(26-2)18(14-17)24-9-11-27-12-10-24/h4-8,13-14H,3,9-12H2,1-2H3,(H,23,28). The molecule has 1 saturated heterocycles. The highest BCUT2D eigenvalue weighted by Crippen LogP contribution is 2.33. The number of aromatic amines is 1. The normalized spacial score (nSPS) is 14.3. The maximum Gasteiger partial charge on any atom is 0.200 e. The van der Waals surface area contributed by atoms with Gasteiger partial charge in [0, 0.05) is 18.7 Å². The molecule has 28 heavy (non-hydrogen) atoms. The summed E-state index contributed by atoms with van der Waals surface area (Å²) in [5.74, 6) is 1.65. The Balaban J connectivity index is 1.81. The van der Waals surface area contributed by atoms with E-state index in [1.807, 2.05) is 16.7 Å². The van der Waals surface area contributed by atoms with Crippen molar-refractivity contribution in [3.05, 3.63) is 52.8 Å². The second kappa shape index (κ2) is 8.16. The average molecular weight is 397 g/mol. The molecule has 0 atom stereocenters. The van der Waals surface area contributed by atoms with Crippen LogP contribution in [0.1, 0.15) is 12.5 Å². The van der Waals surface area contributed by atoms with Crippen molar-refractivity contribution in [2.45, 2.75) is 13.3 Å². The van der Waals surface area contributed by atoms with Gasteiger partial charge in [-0.25, -0.2) is 0 Å². The summed E-state index contributed by atoms with van der Waals surface area (Å²) >= 11 is 5.56. The van der Waals surface area contributed by atoms with E-state index in [2.05, 4.69) is 52.4 Å². The van der Waals surface area contributed by atoms with Crippen LogP contribution in [0, 0.1) is 4.77 Å². The van der Waals surface area contributed by atoms with Gasteiger partial charge < -0.3 is 14.4 Å². The molecule has 1 aliphatic heterocycles. The Morgan fingerprint density at radius 3 is 2.75 bits per heavy atom. The second-order valence-corrected chi connectivity index (χ2v) is 7.08. The number of H-pyrrole nitrogens is 1. The number of nitrogens with zero attached hydrogens (tertiary/aromatic N) is 3. The summed E-state index contributed by atoms with van der Waals surface area (Å²) in [7, 11) is 1.70. The minimum absolute atomic E-state index is 0.565. The highest BCUT2D eigenvalue weighted by atomic mass is 32.1. The third kappa shape index (κ3) is 3.55. The van der Waals surface area contributed by atoms with E-state index in [0.717, 1.165) is 48.0 Å². The van der Waals surface area contributed by atoms with E-state index >= 15 is 0 Å². The molecule has 0 bridgehead atoms. The second-order valence-electron chi connectivity index (χ2n) is 6.70. The lowest BCUT2D eigenvalue weighted by Crippen LogP contribution is -2.36. The van der Waals surface area contributed by atoms with Crippen LogP contribution in [0.15, 0.2) is 42.5 Å². The van der Waals surface area contributed by atoms with Crippen LogP contribution in [0.4, 0.5) is 5.69 Å². The first-order chi connectivity index (χ1) is 13.7. The Morgan fingerprint density at radius 2 is 2.00 bits per heavy atom. The lowest BCUT2D eigenvalue weighted by atomic mass is 10.1. The molecule has 0 unspecified atom stereocenters. The molecule has 1 N–H and O–H groups in total. The zero-order valence-corrected chi connectivity index (χ0v) is 17.0. The van der Waals surface area contributed by atoms with Crippen LogP contribution in [-0.2, 0) is 11.2 Å². The van der Waals surface area contributed by atoms with Crippen LogP contribution in [0.5, 0.6) is 5.75 Å². The summed E-state index contributed by atoms with van der Waals surface area (Å²) in [6, 6.07) is 14.5. The van der Waals surface area contributed by atoms with Gasteiger partial charge in [-0.05, 0) is 48.5 Å². The third-order valence-corrected chi connectivity index (χ3v) is 5.31. The van der Waals surface area contributed by atoms with Crippen LogP contribution in [0.3, 0.4) is 0 Å². The van der Waals surface area contributed by atoms with Gasteiger partial charge in [0.2, 0.25) is 0 Å². The Hall–Kier alpha value is -2.64. The third-order valence-electron chi connectivity index (χ3n) is 5.04. The topological polar surface area (TPSA) is 55.3 Å². The summed E-state index contributed by atoms with van der Waals surface area (Å²) in [6.07, 6.45) is 0.975. The zero-order chi connectivity index (χ0) is 19.5. The molecule has 146 valence electrons. The highest BCUT2D eigenvalue weighted by Gasteiger charge is 2.18. The fourth-order valence-corrected chi connectivity index (χ4v) is 3.77. The molecule has 0 aliphatic carbocycles. The SMILES string of the molecule is CCc1cccc(-c2n[nH]c(=S)n2-c2ccc(OC)c(N3CCOCC3)c2)c1. The first-order valence-corrected chi connectivity index (χ1v) is 9.90. The van der Waals surface area contributed by atoms with Crippen LogP contribution < -0.4 is 9.64 Å². The first-order valence-electron chi connectivity index (χ1n) is 9.49. The maximum atomic E-state index is 5.61. The van der Waals surface area contributed by atoms with Crippen molar-refractivity contribution >= 4 is 17.9 Å². The molecule has 7 heteroatoms. The number of methoxy groups -OCH3 is 1. The predicted octanol–water partition coefficient (Wildman–Crippen LogP) is 4.00. The van der Waals surface area contributed by atoms with Gasteiger partial charge in [0.1, 0.15) is 5.75 Å². The molecule has 0 spiro atoms. The summed E-state index contributed by atoms with van der Waals surface area (Å²) in [6.45, 7) is 5.25. The minimum Gasteiger partial charge on any atom is -0.495 e.